The summed E-state index contributed by atoms with van der Waals surface area (Å²) in [5.74, 6) is 0. The molecular weight excluding hydrogens is 344 g/mol. The van der Waals surface area contributed by atoms with E-state index in [1.54, 1.807) is 18.3 Å². The number of ether oxygens (including phenoxy) is 1. The molecule has 20 heavy (non-hydrogen) atoms. The van der Waals surface area contributed by atoms with Crippen molar-refractivity contribution < 1.29 is 9.53 Å². The highest BCUT2D eigenvalue weighted by atomic mass is 79.9. The molecule has 1 N–H and O–H groups in total. The van der Waals surface area contributed by atoms with E-state index in [0.29, 0.717) is 16.2 Å². The highest BCUT2D eigenvalue weighted by molar-refractivity contribution is 9.10. The SMILES string of the molecule is CC(C)(C)OC(=O)Nc1ccnc2c(Cl)cc(Br)cc12. The Morgan fingerprint density at radius 1 is 1.40 bits per heavy atom. The van der Waals surface area contributed by atoms with Crippen LogP contribution < -0.4 is 5.32 Å². The third kappa shape index (κ3) is 3.61. The Morgan fingerprint density at radius 3 is 2.75 bits per heavy atom. The van der Waals surface area contributed by atoms with Gasteiger partial charge in [-0.15, -0.1) is 0 Å². The lowest BCUT2D eigenvalue weighted by Crippen LogP contribution is -2.27. The average Bonchev–Trinajstić information content (AvgIpc) is 2.27. The van der Waals surface area contributed by atoms with Crippen LogP contribution in [0.15, 0.2) is 28.9 Å². The Morgan fingerprint density at radius 2 is 2.10 bits per heavy atom. The van der Waals surface area contributed by atoms with Crippen LogP contribution in [-0.2, 0) is 4.74 Å². The first-order chi connectivity index (χ1) is 9.26. The van der Waals surface area contributed by atoms with Crippen LogP contribution in [0, 0.1) is 0 Å². The summed E-state index contributed by atoms with van der Waals surface area (Å²) >= 11 is 9.52. The largest absolute Gasteiger partial charge is 0.444 e. The second-order valence-corrected chi connectivity index (χ2v) is 6.59. The molecule has 2 aromatic rings. The molecule has 0 saturated heterocycles. The van der Waals surface area contributed by atoms with Gasteiger partial charge in [-0.25, -0.2) is 4.79 Å². The number of amides is 1. The van der Waals surface area contributed by atoms with E-state index in [1.807, 2.05) is 26.8 Å². The zero-order chi connectivity index (χ0) is 14.9. The standard InChI is InChI=1S/C14H14BrClN2O2/c1-14(2,3)20-13(19)18-11-4-5-17-12-9(11)6-8(15)7-10(12)16/h4-7H,1-3H3,(H,17,18,19). The predicted octanol–water partition coefficient (Wildman–Crippen LogP) is 5.00. The van der Waals surface area contributed by atoms with Crippen LogP contribution in [0.3, 0.4) is 0 Å². The minimum atomic E-state index is -0.550. The summed E-state index contributed by atoms with van der Waals surface area (Å²) in [6, 6.07) is 5.31. The van der Waals surface area contributed by atoms with Crippen molar-refractivity contribution in [1.29, 1.82) is 0 Å². The van der Waals surface area contributed by atoms with E-state index in [9.17, 15) is 4.79 Å². The van der Waals surface area contributed by atoms with Crippen molar-refractivity contribution >= 4 is 50.2 Å². The molecule has 0 spiro atoms. The number of fused-ring (bicyclic) bond motifs is 1. The summed E-state index contributed by atoms with van der Waals surface area (Å²) in [4.78, 5) is 16.1. The van der Waals surface area contributed by atoms with Gasteiger partial charge >= 0.3 is 6.09 Å². The van der Waals surface area contributed by atoms with E-state index >= 15 is 0 Å². The molecule has 106 valence electrons. The van der Waals surface area contributed by atoms with Gasteiger partial charge in [0.15, 0.2) is 0 Å². The Hall–Kier alpha value is -1.33. The molecule has 1 aromatic heterocycles. The number of anilines is 1. The third-order valence-corrected chi connectivity index (χ3v) is 3.14. The summed E-state index contributed by atoms with van der Waals surface area (Å²) in [6.45, 7) is 5.43. The predicted molar refractivity (Wildman–Crippen MR) is 84.3 cm³/mol. The molecule has 1 heterocycles. The Balaban J connectivity index is 2.38. The van der Waals surface area contributed by atoms with E-state index in [2.05, 4.69) is 26.2 Å². The molecule has 0 aliphatic heterocycles. The van der Waals surface area contributed by atoms with Gasteiger partial charge in [0.1, 0.15) is 5.60 Å². The minimum Gasteiger partial charge on any atom is -0.444 e. The van der Waals surface area contributed by atoms with Gasteiger partial charge in [0.2, 0.25) is 0 Å². The van der Waals surface area contributed by atoms with Gasteiger partial charge in [0, 0.05) is 16.1 Å². The highest BCUT2D eigenvalue weighted by Crippen LogP contribution is 2.31. The smallest absolute Gasteiger partial charge is 0.412 e. The number of carbonyl (C=O) groups excluding carboxylic acids is 1. The van der Waals surface area contributed by atoms with Crippen LogP contribution in [-0.4, -0.2) is 16.7 Å². The van der Waals surface area contributed by atoms with Crippen molar-refractivity contribution in [2.24, 2.45) is 0 Å². The van der Waals surface area contributed by atoms with Gasteiger partial charge in [-0.05, 0) is 39.0 Å². The molecule has 6 heteroatoms. The molecule has 0 fully saturated rings. The second-order valence-electron chi connectivity index (χ2n) is 5.27. The fourth-order valence-electron chi connectivity index (χ4n) is 1.70. The number of nitrogens with one attached hydrogen (secondary N) is 1. The lowest BCUT2D eigenvalue weighted by Gasteiger charge is -2.20. The molecule has 0 radical (unpaired) electrons. The van der Waals surface area contributed by atoms with Crippen molar-refractivity contribution in [2.75, 3.05) is 5.32 Å². The number of aromatic nitrogens is 1. The Bertz CT molecular complexity index is 668. The fourth-order valence-corrected chi connectivity index (χ4v) is 2.56. The normalized spacial score (nSPS) is 11.4. The molecular formula is C14H14BrClN2O2. The molecule has 1 aromatic carbocycles. The molecule has 1 amide bonds. The maximum Gasteiger partial charge on any atom is 0.412 e. The van der Waals surface area contributed by atoms with Crippen molar-refractivity contribution in [3.8, 4) is 0 Å². The van der Waals surface area contributed by atoms with Crippen LogP contribution >= 0.6 is 27.5 Å². The summed E-state index contributed by atoms with van der Waals surface area (Å²) in [5, 5.41) is 3.98. The number of pyridine rings is 1. The number of halogens is 2. The van der Waals surface area contributed by atoms with Crippen LogP contribution in [0.5, 0.6) is 0 Å². The lowest BCUT2D eigenvalue weighted by atomic mass is 10.2. The summed E-state index contributed by atoms with van der Waals surface area (Å²) in [5.41, 5.74) is 0.682. The molecule has 0 aliphatic rings. The lowest BCUT2D eigenvalue weighted by molar-refractivity contribution is 0.0636. The first kappa shape index (κ1) is 15.1. The zero-order valence-electron chi connectivity index (χ0n) is 11.3. The van der Waals surface area contributed by atoms with Crippen molar-refractivity contribution in [3.05, 3.63) is 33.9 Å². The molecule has 0 aliphatic carbocycles. The fraction of sp³-hybridized carbons (Fsp3) is 0.286. The monoisotopic (exact) mass is 356 g/mol. The maximum atomic E-state index is 11.8. The molecule has 0 atom stereocenters. The first-order valence-corrected chi connectivity index (χ1v) is 7.17. The summed E-state index contributed by atoms with van der Waals surface area (Å²) in [7, 11) is 0. The molecule has 0 saturated carbocycles. The Kier molecular flexibility index (Phi) is 4.20. The molecule has 0 unspecified atom stereocenters. The van der Waals surface area contributed by atoms with Crippen LogP contribution in [0.1, 0.15) is 20.8 Å². The van der Waals surface area contributed by atoms with Crippen LogP contribution in [0.25, 0.3) is 10.9 Å². The number of hydrogen-bond donors (Lipinski definition) is 1. The van der Waals surface area contributed by atoms with Crippen molar-refractivity contribution in [2.45, 2.75) is 26.4 Å². The summed E-state index contributed by atoms with van der Waals surface area (Å²) in [6.07, 6.45) is 1.08. The van der Waals surface area contributed by atoms with Crippen LogP contribution in [0.4, 0.5) is 10.5 Å². The van der Waals surface area contributed by atoms with Gasteiger partial charge in [0.05, 0.1) is 16.2 Å². The number of benzene rings is 1. The van der Waals surface area contributed by atoms with E-state index in [4.69, 9.17) is 16.3 Å². The second kappa shape index (κ2) is 5.58. The Labute approximate surface area is 130 Å². The summed E-state index contributed by atoms with van der Waals surface area (Å²) < 4.78 is 6.05. The third-order valence-electron chi connectivity index (χ3n) is 2.40. The first-order valence-electron chi connectivity index (χ1n) is 6.00. The molecule has 2 rings (SSSR count). The number of carbonyl (C=O) groups is 1. The van der Waals surface area contributed by atoms with Gasteiger partial charge < -0.3 is 4.74 Å². The topological polar surface area (TPSA) is 51.2 Å². The van der Waals surface area contributed by atoms with Gasteiger partial charge in [-0.3, -0.25) is 10.3 Å². The van der Waals surface area contributed by atoms with E-state index in [1.165, 1.54) is 0 Å². The average molecular weight is 358 g/mol. The van der Waals surface area contributed by atoms with Gasteiger partial charge in [-0.1, -0.05) is 27.5 Å². The van der Waals surface area contributed by atoms with E-state index < -0.39 is 11.7 Å². The number of rotatable bonds is 1. The molecule has 4 nitrogen and oxygen atoms in total. The van der Waals surface area contributed by atoms with Crippen molar-refractivity contribution in [3.63, 3.8) is 0 Å². The van der Waals surface area contributed by atoms with E-state index in [0.717, 1.165) is 9.86 Å². The van der Waals surface area contributed by atoms with Gasteiger partial charge in [-0.2, -0.15) is 0 Å². The van der Waals surface area contributed by atoms with E-state index in [-0.39, 0.29) is 0 Å². The van der Waals surface area contributed by atoms with Crippen molar-refractivity contribution in [1.82, 2.24) is 4.98 Å². The van der Waals surface area contributed by atoms with Crippen LogP contribution in [0.2, 0.25) is 5.02 Å². The van der Waals surface area contributed by atoms with Gasteiger partial charge in [0.25, 0.3) is 0 Å². The zero-order valence-corrected chi connectivity index (χ0v) is 13.7. The molecule has 0 bridgehead atoms. The number of nitrogens with zero attached hydrogens (tertiary/aromatic N) is 1. The maximum absolute atomic E-state index is 11.8. The highest BCUT2D eigenvalue weighted by Gasteiger charge is 2.17. The quantitative estimate of drug-likeness (QED) is 0.781. The minimum absolute atomic E-state index is 0.513. The number of hydrogen-bond acceptors (Lipinski definition) is 3.